The van der Waals surface area contributed by atoms with E-state index in [0.717, 1.165) is 12.1 Å². The average molecular weight is 310 g/mol. The number of pyridine rings is 1. The summed E-state index contributed by atoms with van der Waals surface area (Å²) in [6, 6.07) is 5.58. The first-order valence-corrected chi connectivity index (χ1v) is 6.06. The summed E-state index contributed by atoms with van der Waals surface area (Å²) < 4.78 is 12.9. The number of benzene rings is 1. The van der Waals surface area contributed by atoms with E-state index >= 15 is 0 Å². The maximum absolute atomic E-state index is 12.9. The standard InChI is InChI=1S/C13H9ClFN3O3/c14-9-5-7(15)1-3-10(9)18-13(21)17-8-2-4-11(12(19)20)16-6-8/h1-6H,(H,19,20)(H2,17,18,21). The molecule has 0 saturated carbocycles. The number of nitrogens with one attached hydrogen (secondary N) is 2. The molecule has 21 heavy (non-hydrogen) atoms. The average Bonchev–Trinajstić information content (AvgIpc) is 2.42. The summed E-state index contributed by atoms with van der Waals surface area (Å²) in [6.07, 6.45) is 1.20. The molecule has 0 atom stereocenters. The van der Waals surface area contributed by atoms with Crippen LogP contribution in [0.4, 0.5) is 20.6 Å². The number of hydrogen-bond donors (Lipinski definition) is 3. The molecule has 0 aliphatic rings. The Hall–Kier alpha value is -2.67. The van der Waals surface area contributed by atoms with Gasteiger partial charge in [0.05, 0.1) is 22.6 Å². The molecule has 0 aliphatic heterocycles. The van der Waals surface area contributed by atoms with Gasteiger partial charge in [0.15, 0.2) is 0 Å². The fraction of sp³-hybridized carbons (Fsp3) is 0. The molecule has 0 aliphatic carbocycles. The molecule has 6 nitrogen and oxygen atoms in total. The van der Waals surface area contributed by atoms with Crippen LogP contribution in [0.25, 0.3) is 0 Å². The third kappa shape index (κ3) is 3.90. The molecule has 2 rings (SSSR count). The predicted molar refractivity (Wildman–Crippen MR) is 75.2 cm³/mol. The van der Waals surface area contributed by atoms with Crippen molar-refractivity contribution >= 4 is 35.0 Å². The van der Waals surface area contributed by atoms with E-state index in [0.29, 0.717) is 5.69 Å². The minimum absolute atomic E-state index is 0.0597. The molecule has 1 heterocycles. The van der Waals surface area contributed by atoms with Gasteiger partial charge in [0, 0.05) is 0 Å². The van der Waals surface area contributed by atoms with Crippen molar-refractivity contribution in [3.8, 4) is 0 Å². The fourth-order valence-electron chi connectivity index (χ4n) is 1.47. The Morgan fingerprint density at radius 3 is 2.52 bits per heavy atom. The zero-order valence-corrected chi connectivity index (χ0v) is 11.2. The number of amides is 2. The third-order valence-corrected chi connectivity index (χ3v) is 2.73. The number of carboxylic acid groups (broad SMARTS) is 1. The van der Waals surface area contributed by atoms with Crippen molar-refractivity contribution in [3.63, 3.8) is 0 Å². The first kappa shape index (κ1) is 14.7. The topological polar surface area (TPSA) is 91.3 Å². The van der Waals surface area contributed by atoms with E-state index in [1.54, 1.807) is 0 Å². The van der Waals surface area contributed by atoms with Gasteiger partial charge in [-0.05, 0) is 30.3 Å². The van der Waals surface area contributed by atoms with Gasteiger partial charge in [0.2, 0.25) is 0 Å². The molecule has 1 aromatic carbocycles. The minimum Gasteiger partial charge on any atom is -0.477 e. The van der Waals surface area contributed by atoms with E-state index < -0.39 is 17.8 Å². The van der Waals surface area contributed by atoms with Crippen LogP contribution in [0, 0.1) is 5.82 Å². The van der Waals surface area contributed by atoms with Crippen LogP contribution in [0.2, 0.25) is 5.02 Å². The van der Waals surface area contributed by atoms with Gasteiger partial charge in [-0.15, -0.1) is 0 Å². The number of hydrogen-bond acceptors (Lipinski definition) is 3. The van der Waals surface area contributed by atoms with Gasteiger partial charge in [-0.3, -0.25) is 0 Å². The largest absolute Gasteiger partial charge is 0.477 e. The zero-order chi connectivity index (χ0) is 15.4. The van der Waals surface area contributed by atoms with Crippen molar-refractivity contribution in [3.05, 3.63) is 53.1 Å². The number of aromatic nitrogens is 1. The lowest BCUT2D eigenvalue weighted by molar-refractivity contribution is 0.0690. The molecule has 1 aromatic heterocycles. The highest BCUT2D eigenvalue weighted by Crippen LogP contribution is 2.22. The number of anilines is 2. The van der Waals surface area contributed by atoms with Crippen LogP contribution in [-0.2, 0) is 0 Å². The fourth-order valence-corrected chi connectivity index (χ4v) is 1.68. The second kappa shape index (κ2) is 6.19. The van der Waals surface area contributed by atoms with Crippen molar-refractivity contribution in [2.45, 2.75) is 0 Å². The van der Waals surface area contributed by atoms with Gasteiger partial charge in [-0.2, -0.15) is 0 Å². The molecule has 2 aromatic rings. The molecular weight excluding hydrogens is 301 g/mol. The SMILES string of the molecule is O=C(Nc1ccc(C(=O)O)nc1)Nc1ccc(F)cc1Cl. The number of halogens is 2. The van der Waals surface area contributed by atoms with E-state index in [4.69, 9.17) is 16.7 Å². The number of aromatic carboxylic acids is 1. The lowest BCUT2D eigenvalue weighted by Gasteiger charge is -2.09. The predicted octanol–water partition coefficient (Wildman–Crippen LogP) is 3.22. The van der Waals surface area contributed by atoms with Crippen molar-refractivity contribution in [1.29, 1.82) is 0 Å². The van der Waals surface area contributed by atoms with Crippen LogP contribution in [0.15, 0.2) is 36.5 Å². The number of carboxylic acids is 1. The minimum atomic E-state index is -1.16. The monoisotopic (exact) mass is 309 g/mol. The smallest absolute Gasteiger partial charge is 0.354 e. The summed E-state index contributed by atoms with van der Waals surface area (Å²) in [5.41, 5.74) is 0.406. The molecule has 0 unspecified atom stereocenters. The van der Waals surface area contributed by atoms with Crippen LogP contribution < -0.4 is 10.6 Å². The molecular formula is C13H9ClFN3O3. The van der Waals surface area contributed by atoms with Crippen molar-refractivity contribution < 1.29 is 19.1 Å². The summed E-state index contributed by atoms with van der Waals surface area (Å²) in [4.78, 5) is 26.0. The normalized spacial score (nSPS) is 10.0. The van der Waals surface area contributed by atoms with Gasteiger partial charge >= 0.3 is 12.0 Å². The van der Waals surface area contributed by atoms with Crippen molar-refractivity contribution in [1.82, 2.24) is 4.98 Å². The molecule has 2 amide bonds. The Balaban J connectivity index is 2.02. The van der Waals surface area contributed by atoms with Crippen LogP contribution >= 0.6 is 11.6 Å². The Morgan fingerprint density at radius 1 is 1.19 bits per heavy atom. The van der Waals surface area contributed by atoms with E-state index in [-0.39, 0.29) is 16.4 Å². The molecule has 0 radical (unpaired) electrons. The van der Waals surface area contributed by atoms with Crippen LogP contribution in [0.5, 0.6) is 0 Å². The van der Waals surface area contributed by atoms with Gasteiger partial charge in [-0.1, -0.05) is 11.6 Å². The van der Waals surface area contributed by atoms with E-state index in [2.05, 4.69) is 15.6 Å². The zero-order valence-electron chi connectivity index (χ0n) is 10.4. The molecule has 0 fully saturated rings. The first-order valence-electron chi connectivity index (χ1n) is 5.68. The molecule has 0 spiro atoms. The van der Waals surface area contributed by atoms with Crippen LogP contribution in [-0.4, -0.2) is 22.1 Å². The second-order valence-corrected chi connectivity index (χ2v) is 4.35. The number of carbonyl (C=O) groups excluding carboxylic acids is 1. The Kier molecular flexibility index (Phi) is 4.34. The Labute approximate surface area is 123 Å². The molecule has 108 valence electrons. The highest BCUT2D eigenvalue weighted by molar-refractivity contribution is 6.33. The van der Waals surface area contributed by atoms with Crippen LogP contribution in [0.1, 0.15) is 10.5 Å². The third-order valence-electron chi connectivity index (χ3n) is 2.42. The molecule has 8 heteroatoms. The summed E-state index contributed by atoms with van der Waals surface area (Å²) >= 11 is 5.77. The maximum Gasteiger partial charge on any atom is 0.354 e. The summed E-state index contributed by atoms with van der Waals surface area (Å²) in [5, 5.41) is 13.6. The summed E-state index contributed by atoms with van der Waals surface area (Å²) in [5.74, 6) is -1.68. The Bertz CT molecular complexity index is 692. The van der Waals surface area contributed by atoms with Gasteiger partial charge in [-0.25, -0.2) is 19.0 Å². The lowest BCUT2D eigenvalue weighted by atomic mass is 10.3. The highest BCUT2D eigenvalue weighted by Gasteiger charge is 2.08. The van der Waals surface area contributed by atoms with Gasteiger partial charge in [0.1, 0.15) is 11.5 Å². The number of carbonyl (C=O) groups is 2. The molecule has 3 N–H and O–H groups in total. The van der Waals surface area contributed by atoms with Crippen molar-refractivity contribution in [2.75, 3.05) is 10.6 Å². The highest BCUT2D eigenvalue weighted by atomic mass is 35.5. The van der Waals surface area contributed by atoms with E-state index in [9.17, 15) is 14.0 Å². The molecule has 0 bridgehead atoms. The lowest BCUT2D eigenvalue weighted by Crippen LogP contribution is -2.19. The van der Waals surface area contributed by atoms with E-state index in [1.165, 1.54) is 24.4 Å². The number of urea groups is 1. The van der Waals surface area contributed by atoms with E-state index in [1.807, 2.05) is 0 Å². The Morgan fingerprint density at radius 2 is 1.95 bits per heavy atom. The summed E-state index contributed by atoms with van der Waals surface area (Å²) in [6.45, 7) is 0. The van der Waals surface area contributed by atoms with Crippen molar-refractivity contribution in [2.24, 2.45) is 0 Å². The van der Waals surface area contributed by atoms with Crippen LogP contribution in [0.3, 0.4) is 0 Å². The number of rotatable bonds is 3. The number of nitrogens with zero attached hydrogens (tertiary/aromatic N) is 1. The summed E-state index contributed by atoms with van der Waals surface area (Å²) in [7, 11) is 0. The van der Waals surface area contributed by atoms with Gasteiger partial charge in [0.25, 0.3) is 0 Å². The van der Waals surface area contributed by atoms with Gasteiger partial charge < -0.3 is 15.7 Å². The quantitative estimate of drug-likeness (QED) is 0.812. The first-order chi connectivity index (χ1) is 9.95. The second-order valence-electron chi connectivity index (χ2n) is 3.94. The maximum atomic E-state index is 12.9. The molecule has 0 saturated heterocycles.